The van der Waals surface area contributed by atoms with E-state index in [-0.39, 0.29) is 4.90 Å². The first-order valence-electron chi connectivity index (χ1n) is 5.95. The SMILES string of the molecule is CN1CCCN(S(=O)(=O)c2ccccc2F)CC1. The molecule has 0 amide bonds. The first-order chi connectivity index (χ1) is 8.51. The molecule has 1 aromatic carbocycles. The van der Waals surface area contributed by atoms with Crippen molar-refractivity contribution in [2.75, 3.05) is 33.2 Å². The lowest BCUT2D eigenvalue weighted by molar-refractivity contribution is 0.347. The summed E-state index contributed by atoms with van der Waals surface area (Å²) in [6.45, 7) is 2.39. The van der Waals surface area contributed by atoms with Gasteiger partial charge in [0.2, 0.25) is 10.0 Å². The van der Waals surface area contributed by atoms with Gasteiger partial charge < -0.3 is 4.90 Å². The van der Waals surface area contributed by atoms with Gasteiger partial charge in [-0.05, 0) is 32.1 Å². The van der Waals surface area contributed by atoms with Crippen LogP contribution >= 0.6 is 0 Å². The zero-order chi connectivity index (χ0) is 13.2. The Kier molecular flexibility index (Phi) is 3.99. The summed E-state index contributed by atoms with van der Waals surface area (Å²) < 4.78 is 39.6. The van der Waals surface area contributed by atoms with Gasteiger partial charge >= 0.3 is 0 Å². The second-order valence-corrected chi connectivity index (χ2v) is 6.40. The van der Waals surface area contributed by atoms with Gasteiger partial charge in [-0.15, -0.1) is 0 Å². The van der Waals surface area contributed by atoms with Crippen molar-refractivity contribution in [3.05, 3.63) is 30.1 Å². The Morgan fingerprint density at radius 2 is 1.83 bits per heavy atom. The number of sulfonamides is 1. The molecule has 1 heterocycles. The fourth-order valence-corrected chi connectivity index (χ4v) is 3.59. The molecule has 1 aromatic rings. The molecule has 0 aliphatic carbocycles. The molecule has 0 bridgehead atoms. The topological polar surface area (TPSA) is 40.6 Å². The van der Waals surface area contributed by atoms with E-state index in [1.165, 1.54) is 22.5 Å². The Labute approximate surface area is 107 Å². The second-order valence-electron chi connectivity index (χ2n) is 4.49. The molecule has 1 fully saturated rings. The molecule has 1 saturated heterocycles. The third-order valence-electron chi connectivity index (χ3n) is 3.13. The molecular weight excluding hydrogens is 255 g/mol. The van der Waals surface area contributed by atoms with Crippen molar-refractivity contribution in [2.24, 2.45) is 0 Å². The van der Waals surface area contributed by atoms with Crippen molar-refractivity contribution >= 4 is 10.0 Å². The highest BCUT2D eigenvalue weighted by molar-refractivity contribution is 7.89. The molecule has 0 aromatic heterocycles. The van der Waals surface area contributed by atoms with Crippen LogP contribution in [0.1, 0.15) is 6.42 Å². The van der Waals surface area contributed by atoms with E-state index in [9.17, 15) is 12.8 Å². The Morgan fingerprint density at radius 1 is 1.11 bits per heavy atom. The molecular formula is C12H17FN2O2S. The standard InChI is InChI=1S/C12H17FN2O2S/c1-14-7-4-8-15(10-9-14)18(16,17)12-6-3-2-5-11(12)13/h2-3,5-6H,4,7-10H2,1H3. The van der Waals surface area contributed by atoms with Crippen LogP contribution in [0.15, 0.2) is 29.2 Å². The fraction of sp³-hybridized carbons (Fsp3) is 0.500. The van der Waals surface area contributed by atoms with Crippen LogP contribution in [0.5, 0.6) is 0 Å². The van der Waals surface area contributed by atoms with Gasteiger partial charge in [-0.25, -0.2) is 12.8 Å². The van der Waals surface area contributed by atoms with Gasteiger partial charge in [-0.2, -0.15) is 4.31 Å². The van der Waals surface area contributed by atoms with Gasteiger partial charge in [0.15, 0.2) is 0 Å². The highest BCUT2D eigenvalue weighted by Gasteiger charge is 2.28. The van der Waals surface area contributed by atoms with E-state index in [2.05, 4.69) is 4.90 Å². The van der Waals surface area contributed by atoms with Crippen molar-refractivity contribution in [1.82, 2.24) is 9.21 Å². The summed E-state index contributed by atoms with van der Waals surface area (Å²) in [6.07, 6.45) is 0.768. The Hall–Kier alpha value is -0.980. The lowest BCUT2D eigenvalue weighted by Crippen LogP contribution is -2.34. The van der Waals surface area contributed by atoms with Gasteiger partial charge in [0, 0.05) is 19.6 Å². The normalized spacial score (nSPS) is 19.7. The zero-order valence-electron chi connectivity index (χ0n) is 10.3. The zero-order valence-corrected chi connectivity index (χ0v) is 11.2. The summed E-state index contributed by atoms with van der Waals surface area (Å²) in [5, 5.41) is 0. The number of hydrogen-bond acceptors (Lipinski definition) is 3. The van der Waals surface area contributed by atoms with Crippen LogP contribution < -0.4 is 0 Å². The lowest BCUT2D eigenvalue weighted by Gasteiger charge is -2.20. The van der Waals surface area contributed by atoms with E-state index in [0.29, 0.717) is 19.6 Å². The van der Waals surface area contributed by atoms with Crippen LogP contribution in [0.3, 0.4) is 0 Å². The summed E-state index contributed by atoms with van der Waals surface area (Å²) in [7, 11) is -1.75. The predicted molar refractivity (Wildman–Crippen MR) is 67.3 cm³/mol. The number of rotatable bonds is 2. The molecule has 4 nitrogen and oxygen atoms in total. The molecule has 18 heavy (non-hydrogen) atoms. The van der Waals surface area contributed by atoms with E-state index in [1.54, 1.807) is 6.07 Å². The van der Waals surface area contributed by atoms with Crippen LogP contribution in [0, 0.1) is 5.82 Å². The van der Waals surface area contributed by atoms with Crippen molar-refractivity contribution in [1.29, 1.82) is 0 Å². The average Bonchev–Trinajstić information content (AvgIpc) is 2.54. The monoisotopic (exact) mass is 272 g/mol. The highest BCUT2D eigenvalue weighted by Crippen LogP contribution is 2.20. The van der Waals surface area contributed by atoms with Crippen molar-refractivity contribution in [3.63, 3.8) is 0 Å². The third-order valence-corrected chi connectivity index (χ3v) is 5.06. The molecule has 2 rings (SSSR count). The second kappa shape index (κ2) is 5.34. The molecule has 0 saturated carbocycles. The van der Waals surface area contributed by atoms with E-state index in [4.69, 9.17) is 0 Å². The smallest absolute Gasteiger partial charge is 0.246 e. The van der Waals surface area contributed by atoms with E-state index >= 15 is 0 Å². The third kappa shape index (κ3) is 2.71. The molecule has 0 atom stereocenters. The number of benzene rings is 1. The Morgan fingerprint density at radius 3 is 2.56 bits per heavy atom. The summed E-state index contributed by atoms with van der Waals surface area (Å²) in [4.78, 5) is 1.85. The maximum Gasteiger partial charge on any atom is 0.246 e. The van der Waals surface area contributed by atoms with Crippen molar-refractivity contribution in [3.8, 4) is 0 Å². The maximum absolute atomic E-state index is 13.6. The Balaban J connectivity index is 2.28. The quantitative estimate of drug-likeness (QED) is 0.811. The highest BCUT2D eigenvalue weighted by atomic mass is 32.2. The minimum atomic E-state index is -3.71. The largest absolute Gasteiger partial charge is 0.305 e. The Bertz CT molecular complexity index is 519. The predicted octanol–water partition coefficient (Wildman–Crippen LogP) is 1.15. The average molecular weight is 272 g/mol. The van der Waals surface area contributed by atoms with Crippen molar-refractivity contribution in [2.45, 2.75) is 11.3 Å². The molecule has 0 radical (unpaired) electrons. The number of halogens is 1. The molecule has 0 unspecified atom stereocenters. The molecule has 1 aliphatic heterocycles. The first-order valence-corrected chi connectivity index (χ1v) is 7.39. The van der Waals surface area contributed by atoms with Gasteiger partial charge in [0.25, 0.3) is 0 Å². The van der Waals surface area contributed by atoms with Gasteiger partial charge in [0.05, 0.1) is 0 Å². The fourth-order valence-electron chi connectivity index (χ4n) is 2.06. The minimum absolute atomic E-state index is 0.227. The summed E-state index contributed by atoms with van der Waals surface area (Å²) in [6, 6.07) is 5.53. The maximum atomic E-state index is 13.6. The van der Waals surface area contributed by atoms with Gasteiger partial charge in [-0.3, -0.25) is 0 Å². The van der Waals surface area contributed by atoms with Gasteiger partial charge in [-0.1, -0.05) is 12.1 Å². The lowest BCUT2D eigenvalue weighted by atomic mass is 10.3. The van der Waals surface area contributed by atoms with Crippen LogP contribution in [0.2, 0.25) is 0 Å². The van der Waals surface area contributed by atoms with Crippen LogP contribution in [0.4, 0.5) is 4.39 Å². The number of likely N-dealkylation sites (N-methyl/N-ethyl adjacent to an activating group) is 1. The molecule has 6 heteroatoms. The summed E-state index contributed by atoms with van der Waals surface area (Å²) in [5.41, 5.74) is 0. The van der Waals surface area contributed by atoms with Crippen LogP contribution in [-0.4, -0.2) is 50.8 Å². The van der Waals surface area contributed by atoms with Gasteiger partial charge in [0.1, 0.15) is 10.7 Å². The van der Waals surface area contributed by atoms with E-state index in [1.807, 2.05) is 7.05 Å². The molecule has 1 aliphatic rings. The molecule has 0 N–H and O–H groups in total. The van der Waals surface area contributed by atoms with E-state index < -0.39 is 15.8 Å². The summed E-state index contributed by atoms with van der Waals surface area (Å²) >= 11 is 0. The minimum Gasteiger partial charge on any atom is -0.305 e. The summed E-state index contributed by atoms with van der Waals surface area (Å²) in [5.74, 6) is -0.685. The van der Waals surface area contributed by atoms with Crippen LogP contribution in [-0.2, 0) is 10.0 Å². The van der Waals surface area contributed by atoms with Crippen LogP contribution in [0.25, 0.3) is 0 Å². The number of nitrogens with zero attached hydrogens (tertiary/aromatic N) is 2. The van der Waals surface area contributed by atoms with E-state index in [0.717, 1.165) is 13.0 Å². The molecule has 0 spiro atoms. The molecule has 100 valence electrons. The number of hydrogen-bond donors (Lipinski definition) is 0. The van der Waals surface area contributed by atoms with Crippen molar-refractivity contribution < 1.29 is 12.8 Å². The first kappa shape index (κ1) is 13.5.